The molecule has 4 nitrogen and oxygen atoms in total. The maximum atomic E-state index is 13.3. The number of hydrogen-bond acceptors (Lipinski definition) is 3. The maximum absolute atomic E-state index is 13.3. The van der Waals surface area contributed by atoms with Gasteiger partial charge >= 0.3 is 0 Å². The van der Waals surface area contributed by atoms with E-state index >= 15 is 0 Å². The molecule has 0 radical (unpaired) electrons. The molecule has 1 aromatic rings. The van der Waals surface area contributed by atoms with Gasteiger partial charge in [-0.2, -0.15) is 0 Å². The summed E-state index contributed by atoms with van der Waals surface area (Å²) in [5.41, 5.74) is 3.80. The molecule has 0 saturated carbocycles. The van der Waals surface area contributed by atoms with Crippen LogP contribution in [0.2, 0.25) is 5.02 Å². The molecule has 1 rings (SSSR count). The summed E-state index contributed by atoms with van der Waals surface area (Å²) in [6, 6.07) is 1.75. The smallest absolute Gasteiger partial charge is 0.249 e. The molecular weight excluding hydrogens is 244 g/mol. The van der Waals surface area contributed by atoms with Crippen LogP contribution in [0.4, 0.5) is 8.78 Å². The molecule has 16 heavy (non-hydrogen) atoms. The van der Waals surface area contributed by atoms with E-state index in [9.17, 15) is 18.7 Å². The Bertz CT molecular complexity index is 427. The van der Waals surface area contributed by atoms with E-state index in [2.05, 4.69) is 5.73 Å². The van der Waals surface area contributed by atoms with Crippen molar-refractivity contribution < 1.29 is 23.8 Å². The average Bonchev–Trinajstić information content (AvgIpc) is 2.22. The molecule has 0 aromatic heterocycles. The van der Waals surface area contributed by atoms with E-state index in [1.165, 1.54) is 0 Å². The van der Waals surface area contributed by atoms with E-state index in [1.807, 2.05) is 0 Å². The molecule has 0 spiro atoms. The minimum atomic E-state index is -2.11. The van der Waals surface area contributed by atoms with Gasteiger partial charge in [-0.15, -0.1) is 0 Å². The van der Waals surface area contributed by atoms with Gasteiger partial charge < -0.3 is 15.9 Å². The van der Waals surface area contributed by atoms with Gasteiger partial charge in [0, 0.05) is 0 Å². The number of primary amides is 1. The molecule has 0 aliphatic rings. The zero-order valence-electron chi connectivity index (χ0n) is 7.82. The lowest BCUT2D eigenvalue weighted by atomic mass is 10.0. The number of benzene rings is 1. The second-order valence-corrected chi connectivity index (χ2v) is 3.46. The van der Waals surface area contributed by atoms with Crippen molar-refractivity contribution in [3.63, 3.8) is 0 Å². The number of nitrogens with two attached hydrogens (primary N) is 1. The first-order chi connectivity index (χ1) is 7.36. The highest BCUT2D eigenvalue weighted by Gasteiger charge is 2.29. The van der Waals surface area contributed by atoms with Gasteiger partial charge in [-0.25, -0.2) is 8.78 Å². The second-order valence-electron chi connectivity index (χ2n) is 3.05. The molecule has 0 fully saturated rings. The first-order valence-corrected chi connectivity index (χ1v) is 4.53. The SMILES string of the molecule is NC(=O)C(O)C(O)c1c(F)ccc(Cl)c1F. The Labute approximate surface area is 94.3 Å². The Kier molecular flexibility index (Phi) is 3.79. The fourth-order valence-corrected chi connectivity index (χ4v) is 1.29. The minimum Gasteiger partial charge on any atom is -0.385 e. The normalized spacial score (nSPS) is 14.6. The van der Waals surface area contributed by atoms with Crippen LogP contribution in [0, 0.1) is 11.6 Å². The Morgan fingerprint density at radius 1 is 1.38 bits per heavy atom. The lowest BCUT2D eigenvalue weighted by Gasteiger charge is -2.16. The summed E-state index contributed by atoms with van der Waals surface area (Å²) >= 11 is 5.36. The van der Waals surface area contributed by atoms with Gasteiger partial charge in [-0.3, -0.25) is 4.79 Å². The summed E-state index contributed by atoms with van der Waals surface area (Å²) in [7, 11) is 0. The zero-order valence-corrected chi connectivity index (χ0v) is 8.58. The van der Waals surface area contributed by atoms with Crippen LogP contribution in [0.25, 0.3) is 0 Å². The lowest BCUT2D eigenvalue weighted by Crippen LogP contribution is -2.34. The molecule has 0 heterocycles. The summed E-state index contributed by atoms with van der Waals surface area (Å²) < 4.78 is 26.5. The molecule has 1 amide bonds. The lowest BCUT2D eigenvalue weighted by molar-refractivity contribution is -0.132. The van der Waals surface area contributed by atoms with Crippen LogP contribution in [0.5, 0.6) is 0 Å². The van der Waals surface area contributed by atoms with Crippen molar-refractivity contribution in [2.24, 2.45) is 5.73 Å². The molecule has 0 saturated heterocycles. The van der Waals surface area contributed by atoms with Crippen molar-refractivity contribution in [2.45, 2.75) is 12.2 Å². The van der Waals surface area contributed by atoms with E-state index in [0.717, 1.165) is 12.1 Å². The van der Waals surface area contributed by atoms with Gasteiger partial charge in [0.05, 0.1) is 10.6 Å². The first kappa shape index (κ1) is 12.8. The molecule has 4 N–H and O–H groups in total. The number of aliphatic hydroxyl groups excluding tert-OH is 2. The van der Waals surface area contributed by atoms with Crippen molar-refractivity contribution in [2.75, 3.05) is 0 Å². The van der Waals surface area contributed by atoms with Crippen molar-refractivity contribution in [3.05, 3.63) is 34.4 Å². The largest absolute Gasteiger partial charge is 0.385 e. The van der Waals surface area contributed by atoms with Gasteiger partial charge in [0.2, 0.25) is 5.91 Å². The van der Waals surface area contributed by atoms with Gasteiger partial charge in [0.1, 0.15) is 11.9 Å². The predicted octanol–water partition coefficient (Wildman–Crippen LogP) is 0.498. The number of aliphatic hydroxyl groups is 2. The number of halogens is 3. The minimum absolute atomic E-state index is 0.438. The third-order valence-electron chi connectivity index (χ3n) is 1.97. The monoisotopic (exact) mass is 251 g/mol. The van der Waals surface area contributed by atoms with Crippen LogP contribution >= 0.6 is 11.6 Å². The summed E-state index contributed by atoms with van der Waals surface area (Å²) in [6.45, 7) is 0. The summed E-state index contributed by atoms with van der Waals surface area (Å²) in [6.07, 6.45) is -4.21. The zero-order chi connectivity index (χ0) is 12.5. The molecule has 2 unspecified atom stereocenters. The number of carbonyl (C=O) groups excluding carboxylic acids is 1. The Balaban J connectivity index is 3.22. The van der Waals surface area contributed by atoms with Crippen molar-refractivity contribution in [3.8, 4) is 0 Å². The van der Waals surface area contributed by atoms with Crippen LogP contribution in [0.1, 0.15) is 11.7 Å². The molecule has 0 aliphatic heterocycles. The predicted molar refractivity (Wildman–Crippen MR) is 51.5 cm³/mol. The van der Waals surface area contributed by atoms with Gasteiger partial charge in [0.15, 0.2) is 11.9 Å². The molecule has 1 aromatic carbocycles. The van der Waals surface area contributed by atoms with Gasteiger partial charge in [-0.1, -0.05) is 11.6 Å². The van der Waals surface area contributed by atoms with E-state index in [0.29, 0.717) is 0 Å². The first-order valence-electron chi connectivity index (χ1n) is 4.15. The van der Waals surface area contributed by atoms with E-state index < -0.39 is 40.3 Å². The highest BCUT2D eigenvalue weighted by Crippen LogP contribution is 2.28. The number of rotatable bonds is 3. The van der Waals surface area contributed by atoms with Crippen molar-refractivity contribution in [1.82, 2.24) is 0 Å². The van der Waals surface area contributed by atoms with E-state index in [4.69, 9.17) is 16.7 Å². The fourth-order valence-electron chi connectivity index (χ4n) is 1.13. The summed E-state index contributed by atoms with van der Waals surface area (Å²) in [5, 5.41) is 18.0. The standard InChI is InChI=1S/C9H8ClF2NO3/c10-3-1-2-4(11)5(6(3)12)7(14)8(15)9(13)16/h1-2,7-8,14-15H,(H2,13,16). The molecule has 0 aliphatic carbocycles. The van der Waals surface area contributed by atoms with E-state index in [1.54, 1.807) is 0 Å². The van der Waals surface area contributed by atoms with Crippen LogP contribution in [0.3, 0.4) is 0 Å². The fraction of sp³-hybridized carbons (Fsp3) is 0.222. The van der Waals surface area contributed by atoms with Crippen LogP contribution in [-0.2, 0) is 4.79 Å². The highest BCUT2D eigenvalue weighted by atomic mass is 35.5. The van der Waals surface area contributed by atoms with E-state index in [-0.39, 0.29) is 0 Å². The van der Waals surface area contributed by atoms with Crippen LogP contribution < -0.4 is 5.73 Å². The third kappa shape index (κ3) is 2.29. The summed E-state index contributed by atoms with van der Waals surface area (Å²) in [5.74, 6) is -3.67. The quantitative estimate of drug-likeness (QED) is 0.684. The summed E-state index contributed by atoms with van der Waals surface area (Å²) in [4.78, 5) is 10.6. The maximum Gasteiger partial charge on any atom is 0.249 e. The average molecular weight is 252 g/mol. The molecule has 0 bridgehead atoms. The van der Waals surface area contributed by atoms with Crippen molar-refractivity contribution >= 4 is 17.5 Å². The van der Waals surface area contributed by atoms with Gasteiger partial charge in [-0.05, 0) is 12.1 Å². The van der Waals surface area contributed by atoms with Crippen molar-refractivity contribution in [1.29, 1.82) is 0 Å². The Morgan fingerprint density at radius 2 is 1.94 bits per heavy atom. The Hall–Kier alpha value is -1.24. The Morgan fingerprint density at radius 3 is 2.44 bits per heavy atom. The number of carbonyl (C=O) groups is 1. The van der Waals surface area contributed by atoms with Gasteiger partial charge in [0.25, 0.3) is 0 Å². The molecule has 7 heteroatoms. The third-order valence-corrected chi connectivity index (χ3v) is 2.26. The number of hydrogen-bond donors (Lipinski definition) is 3. The highest BCUT2D eigenvalue weighted by molar-refractivity contribution is 6.30. The van der Waals surface area contributed by atoms with Crippen LogP contribution in [-0.4, -0.2) is 22.2 Å². The topological polar surface area (TPSA) is 83.6 Å². The van der Waals surface area contributed by atoms with Crippen LogP contribution in [0.15, 0.2) is 12.1 Å². The second kappa shape index (κ2) is 4.73. The molecule has 88 valence electrons. The molecule has 2 atom stereocenters. The number of amides is 1. The molecular formula is C9H8ClF2NO3.